The van der Waals surface area contributed by atoms with Crippen LogP contribution in [0, 0.1) is 4.91 Å². The van der Waals surface area contributed by atoms with Gasteiger partial charge in [0, 0.05) is 19.4 Å². The third-order valence-electron chi connectivity index (χ3n) is 2.56. The lowest BCUT2D eigenvalue weighted by Gasteiger charge is -2.23. The predicted octanol–water partition coefficient (Wildman–Crippen LogP) is 2.60. The first-order chi connectivity index (χ1) is 8.22. The first kappa shape index (κ1) is 13.4. The molecular formula is C12H19N3O2. The minimum absolute atomic E-state index is 0.0461. The summed E-state index contributed by atoms with van der Waals surface area (Å²) in [7, 11) is 1.85. The molecule has 1 rings (SSSR count). The maximum absolute atomic E-state index is 10.3. The Morgan fingerprint density at radius 1 is 1.59 bits per heavy atom. The summed E-state index contributed by atoms with van der Waals surface area (Å²) in [4.78, 5) is 13.9. The molecule has 0 aromatic carbocycles. The fraction of sp³-hybridized carbons (Fsp3) is 0.500. The van der Waals surface area contributed by atoms with Gasteiger partial charge in [0.25, 0.3) is 0 Å². The van der Waals surface area contributed by atoms with Crippen molar-refractivity contribution < 1.29 is 4.74 Å². The average Bonchev–Trinajstić information content (AvgIpc) is 2.67. The van der Waals surface area contributed by atoms with E-state index in [1.165, 1.54) is 6.20 Å². The second-order valence-electron chi connectivity index (χ2n) is 3.83. The van der Waals surface area contributed by atoms with Crippen molar-refractivity contribution in [2.24, 2.45) is 5.18 Å². The van der Waals surface area contributed by atoms with Gasteiger partial charge in [-0.05, 0) is 11.6 Å². The second kappa shape index (κ2) is 6.85. The Bertz CT molecular complexity index is 326. The SMILES string of the molecule is C=CC(CCC)OCN1C=CN(C)/C1=C/N=O. The smallest absolute Gasteiger partial charge is 0.136 e. The molecule has 0 radical (unpaired) electrons. The van der Waals surface area contributed by atoms with Crippen molar-refractivity contribution in [3.63, 3.8) is 0 Å². The minimum atomic E-state index is 0.0461. The molecule has 0 spiro atoms. The number of rotatable bonds is 7. The van der Waals surface area contributed by atoms with E-state index < -0.39 is 0 Å². The van der Waals surface area contributed by atoms with Gasteiger partial charge in [0.1, 0.15) is 18.8 Å². The van der Waals surface area contributed by atoms with E-state index in [-0.39, 0.29) is 6.10 Å². The molecule has 1 atom stereocenters. The highest BCUT2D eigenvalue weighted by Crippen LogP contribution is 2.18. The highest BCUT2D eigenvalue weighted by atomic mass is 16.5. The third kappa shape index (κ3) is 3.71. The Morgan fingerprint density at radius 2 is 2.35 bits per heavy atom. The molecule has 0 fully saturated rings. The maximum Gasteiger partial charge on any atom is 0.136 e. The molecule has 1 aliphatic heterocycles. The molecule has 1 heterocycles. The van der Waals surface area contributed by atoms with Crippen molar-refractivity contribution in [2.45, 2.75) is 25.9 Å². The highest BCUT2D eigenvalue weighted by Gasteiger charge is 2.17. The van der Waals surface area contributed by atoms with E-state index in [1.807, 2.05) is 29.2 Å². The fourth-order valence-corrected chi connectivity index (χ4v) is 1.59. The van der Waals surface area contributed by atoms with Gasteiger partial charge < -0.3 is 14.5 Å². The van der Waals surface area contributed by atoms with Crippen LogP contribution in [0.1, 0.15) is 19.8 Å². The maximum atomic E-state index is 10.3. The summed E-state index contributed by atoms with van der Waals surface area (Å²) in [6, 6.07) is 0. The van der Waals surface area contributed by atoms with Gasteiger partial charge in [0.2, 0.25) is 0 Å². The van der Waals surface area contributed by atoms with Gasteiger partial charge in [-0.25, -0.2) is 0 Å². The van der Waals surface area contributed by atoms with Crippen molar-refractivity contribution in [3.8, 4) is 0 Å². The van der Waals surface area contributed by atoms with Crippen LogP contribution in [0.2, 0.25) is 0 Å². The van der Waals surface area contributed by atoms with Gasteiger partial charge in [-0.1, -0.05) is 19.4 Å². The lowest BCUT2D eigenvalue weighted by Crippen LogP contribution is -2.25. The normalized spacial score (nSPS) is 18.8. The molecule has 0 aromatic rings. The van der Waals surface area contributed by atoms with Gasteiger partial charge in [0.05, 0.1) is 6.10 Å². The largest absolute Gasteiger partial charge is 0.353 e. The number of nitroso groups, excluding NO2 is 1. The molecule has 0 bridgehead atoms. The quantitative estimate of drug-likeness (QED) is 0.504. The summed E-state index contributed by atoms with van der Waals surface area (Å²) >= 11 is 0. The summed E-state index contributed by atoms with van der Waals surface area (Å²) in [5, 5.41) is 2.79. The zero-order valence-corrected chi connectivity index (χ0v) is 10.4. The number of nitrogens with zero attached hydrogens (tertiary/aromatic N) is 3. The summed E-state index contributed by atoms with van der Waals surface area (Å²) in [5.74, 6) is 0.708. The Labute approximate surface area is 102 Å². The number of hydrogen-bond acceptors (Lipinski definition) is 5. The Morgan fingerprint density at radius 3 is 2.94 bits per heavy atom. The molecule has 0 saturated carbocycles. The van der Waals surface area contributed by atoms with Gasteiger partial charge in [-0.15, -0.1) is 11.5 Å². The third-order valence-corrected chi connectivity index (χ3v) is 2.56. The van der Waals surface area contributed by atoms with Gasteiger partial charge in [0.15, 0.2) is 0 Å². The summed E-state index contributed by atoms with van der Waals surface area (Å²) in [6.45, 7) is 6.23. The van der Waals surface area contributed by atoms with Crippen molar-refractivity contribution >= 4 is 0 Å². The zero-order valence-electron chi connectivity index (χ0n) is 10.4. The van der Waals surface area contributed by atoms with E-state index in [4.69, 9.17) is 4.74 Å². The van der Waals surface area contributed by atoms with Crippen LogP contribution in [0.4, 0.5) is 0 Å². The van der Waals surface area contributed by atoms with Crippen molar-refractivity contribution in [3.05, 3.63) is 42.0 Å². The van der Waals surface area contributed by atoms with Crippen LogP contribution in [0.15, 0.2) is 42.3 Å². The van der Waals surface area contributed by atoms with Crippen LogP contribution < -0.4 is 0 Å². The average molecular weight is 237 g/mol. The Kier molecular flexibility index (Phi) is 5.42. The van der Waals surface area contributed by atoms with Crippen molar-refractivity contribution in [1.82, 2.24) is 9.80 Å². The second-order valence-corrected chi connectivity index (χ2v) is 3.83. The van der Waals surface area contributed by atoms with Gasteiger partial charge >= 0.3 is 0 Å². The molecule has 5 nitrogen and oxygen atoms in total. The van der Waals surface area contributed by atoms with Crippen LogP contribution in [0.5, 0.6) is 0 Å². The molecule has 94 valence electrons. The lowest BCUT2D eigenvalue weighted by atomic mass is 10.2. The molecule has 17 heavy (non-hydrogen) atoms. The van der Waals surface area contributed by atoms with E-state index in [9.17, 15) is 4.91 Å². The first-order valence-electron chi connectivity index (χ1n) is 5.67. The monoisotopic (exact) mass is 237 g/mol. The van der Waals surface area contributed by atoms with Crippen LogP contribution in [-0.2, 0) is 4.74 Å². The lowest BCUT2D eigenvalue weighted by molar-refractivity contribution is 0.0241. The van der Waals surface area contributed by atoms with Crippen LogP contribution in [0.3, 0.4) is 0 Å². The Balaban J connectivity index is 2.51. The molecule has 0 aliphatic carbocycles. The zero-order chi connectivity index (χ0) is 12.7. The molecular weight excluding hydrogens is 218 g/mol. The standard InChI is InChI=1S/C12H19N3O2/c1-4-6-11(5-2)17-10-15-8-7-14(3)12(15)9-13-16/h5,7-9,11H,2,4,6,10H2,1,3H3/b12-9-. The van der Waals surface area contributed by atoms with Crippen LogP contribution in [-0.4, -0.2) is 29.7 Å². The summed E-state index contributed by atoms with van der Waals surface area (Å²) in [6.07, 6.45) is 8.81. The molecule has 1 unspecified atom stereocenters. The van der Waals surface area contributed by atoms with Gasteiger partial charge in [-0.3, -0.25) is 0 Å². The van der Waals surface area contributed by atoms with E-state index >= 15 is 0 Å². The van der Waals surface area contributed by atoms with Crippen molar-refractivity contribution in [1.29, 1.82) is 0 Å². The van der Waals surface area contributed by atoms with E-state index in [0.29, 0.717) is 12.6 Å². The van der Waals surface area contributed by atoms with Crippen LogP contribution >= 0.6 is 0 Å². The summed E-state index contributed by atoms with van der Waals surface area (Å²) in [5.41, 5.74) is 0. The fourth-order valence-electron chi connectivity index (χ4n) is 1.59. The van der Waals surface area contributed by atoms with Crippen LogP contribution in [0.25, 0.3) is 0 Å². The molecule has 0 saturated heterocycles. The highest BCUT2D eigenvalue weighted by molar-refractivity contribution is 5.12. The Hall–Kier alpha value is -1.62. The topological polar surface area (TPSA) is 45.1 Å². The number of hydrogen-bond donors (Lipinski definition) is 0. The molecule has 5 heteroatoms. The molecule has 1 aliphatic rings. The summed E-state index contributed by atoms with van der Waals surface area (Å²) < 4.78 is 5.69. The minimum Gasteiger partial charge on any atom is -0.353 e. The first-order valence-corrected chi connectivity index (χ1v) is 5.67. The van der Waals surface area contributed by atoms with E-state index in [1.54, 1.807) is 6.08 Å². The molecule has 0 amide bonds. The van der Waals surface area contributed by atoms with Gasteiger partial charge in [-0.2, -0.15) is 0 Å². The van der Waals surface area contributed by atoms with E-state index in [0.717, 1.165) is 12.8 Å². The van der Waals surface area contributed by atoms with E-state index in [2.05, 4.69) is 18.7 Å². The van der Waals surface area contributed by atoms with Crippen molar-refractivity contribution in [2.75, 3.05) is 13.8 Å². The number of ether oxygens (including phenoxy) is 1. The predicted molar refractivity (Wildman–Crippen MR) is 67.5 cm³/mol. The molecule has 0 N–H and O–H groups in total. The molecule has 0 aromatic heterocycles.